The van der Waals surface area contributed by atoms with Gasteiger partial charge in [0.1, 0.15) is 0 Å². The first-order valence-electron chi connectivity index (χ1n) is 5.12. The van der Waals surface area contributed by atoms with Crippen LogP contribution in [-0.4, -0.2) is 11.7 Å². The number of aliphatic hydroxyl groups excluding tert-OH is 1. The molecule has 1 aromatic carbocycles. The first-order chi connectivity index (χ1) is 7.65. The standard InChI is InChI=1S/C12H14ClF3O/c1-11(2,7-17)6-8-3-4-10(13)9(5-8)12(14,15)16/h3-5,17H,6-7H2,1-2H3. The zero-order valence-corrected chi connectivity index (χ0v) is 10.4. The van der Waals surface area contributed by atoms with Crippen molar-refractivity contribution >= 4 is 11.6 Å². The lowest BCUT2D eigenvalue weighted by Crippen LogP contribution is -2.20. The number of benzene rings is 1. The molecule has 0 bridgehead atoms. The SMILES string of the molecule is CC(C)(CO)Cc1ccc(Cl)c(C(F)(F)F)c1. The van der Waals surface area contributed by atoms with Crippen LogP contribution in [0, 0.1) is 5.41 Å². The topological polar surface area (TPSA) is 20.2 Å². The van der Waals surface area contributed by atoms with Gasteiger partial charge in [-0.15, -0.1) is 0 Å². The molecule has 0 heterocycles. The van der Waals surface area contributed by atoms with Crippen molar-refractivity contribution in [2.45, 2.75) is 26.4 Å². The highest BCUT2D eigenvalue weighted by Gasteiger charge is 2.33. The minimum Gasteiger partial charge on any atom is -0.396 e. The monoisotopic (exact) mass is 266 g/mol. The Kier molecular flexibility index (Phi) is 4.10. The summed E-state index contributed by atoms with van der Waals surface area (Å²) in [7, 11) is 0. The van der Waals surface area contributed by atoms with Gasteiger partial charge >= 0.3 is 6.18 Å². The molecule has 0 fully saturated rings. The molecule has 0 saturated carbocycles. The van der Waals surface area contributed by atoms with Crippen LogP contribution >= 0.6 is 11.6 Å². The van der Waals surface area contributed by atoms with E-state index in [-0.39, 0.29) is 11.6 Å². The Hall–Kier alpha value is -0.740. The van der Waals surface area contributed by atoms with Gasteiger partial charge in [-0.1, -0.05) is 31.5 Å². The van der Waals surface area contributed by atoms with Gasteiger partial charge in [-0.2, -0.15) is 13.2 Å². The van der Waals surface area contributed by atoms with E-state index in [1.165, 1.54) is 6.07 Å². The van der Waals surface area contributed by atoms with E-state index in [0.717, 1.165) is 6.07 Å². The Labute approximate surface area is 103 Å². The van der Waals surface area contributed by atoms with E-state index < -0.39 is 17.2 Å². The number of halogens is 4. The minimum atomic E-state index is -4.45. The molecule has 1 aromatic rings. The van der Waals surface area contributed by atoms with Gasteiger partial charge in [0.25, 0.3) is 0 Å². The Morgan fingerprint density at radius 3 is 2.29 bits per heavy atom. The van der Waals surface area contributed by atoms with Crippen LogP contribution in [0.1, 0.15) is 25.0 Å². The van der Waals surface area contributed by atoms with Crippen LogP contribution in [0.3, 0.4) is 0 Å². The van der Waals surface area contributed by atoms with Crippen molar-refractivity contribution < 1.29 is 18.3 Å². The van der Waals surface area contributed by atoms with Crippen molar-refractivity contribution in [1.82, 2.24) is 0 Å². The minimum absolute atomic E-state index is 0.0863. The molecule has 0 radical (unpaired) electrons. The fourth-order valence-corrected chi connectivity index (χ4v) is 1.73. The first-order valence-corrected chi connectivity index (χ1v) is 5.50. The maximum absolute atomic E-state index is 12.6. The van der Waals surface area contributed by atoms with Gasteiger partial charge in [0.2, 0.25) is 0 Å². The molecule has 1 N–H and O–H groups in total. The lowest BCUT2D eigenvalue weighted by molar-refractivity contribution is -0.137. The van der Waals surface area contributed by atoms with Crippen LogP contribution < -0.4 is 0 Å². The van der Waals surface area contributed by atoms with Gasteiger partial charge < -0.3 is 5.11 Å². The summed E-state index contributed by atoms with van der Waals surface area (Å²) in [5, 5.41) is 8.79. The van der Waals surface area contributed by atoms with Crippen molar-refractivity contribution in [3.05, 3.63) is 34.3 Å². The second-order valence-electron chi connectivity index (χ2n) is 4.81. The van der Waals surface area contributed by atoms with E-state index in [2.05, 4.69) is 0 Å². The molecule has 0 atom stereocenters. The summed E-state index contributed by atoms with van der Waals surface area (Å²) in [6, 6.07) is 3.84. The van der Waals surface area contributed by atoms with Crippen molar-refractivity contribution in [2.75, 3.05) is 6.61 Å². The van der Waals surface area contributed by atoms with Crippen molar-refractivity contribution in [2.24, 2.45) is 5.41 Å². The van der Waals surface area contributed by atoms with E-state index in [1.54, 1.807) is 19.9 Å². The van der Waals surface area contributed by atoms with E-state index in [0.29, 0.717) is 12.0 Å². The van der Waals surface area contributed by atoms with Crippen molar-refractivity contribution in [3.63, 3.8) is 0 Å². The Bertz CT molecular complexity index is 399. The molecule has 17 heavy (non-hydrogen) atoms. The fraction of sp³-hybridized carbons (Fsp3) is 0.500. The van der Waals surface area contributed by atoms with E-state index in [1.807, 2.05) is 0 Å². The maximum atomic E-state index is 12.6. The van der Waals surface area contributed by atoms with Crippen LogP contribution in [-0.2, 0) is 12.6 Å². The van der Waals surface area contributed by atoms with Crippen molar-refractivity contribution in [1.29, 1.82) is 0 Å². The zero-order chi connectivity index (χ0) is 13.3. The number of rotatable bonds is 3. The molecule has 0 aliphatic rings. The molecule has 1 rings (SSSR count). The highest BCUT2D eigenvalue weighted by atomic mass is 35.5. The third-order valence-electron chi connectivity index (χ3n) is 2.45. The number of alkyl halides is 3. The fourth-order valence-electron chi connectivity index (χ4n) is 1.51. The summed E-state index contributed by atoms with van der Waals surface area (Å²) in [6.45, 7) is 3.49. The summed E-state index contributed by atoms with van der Waals surface area (Å²) in [6.07, 6.45) is -4.08. The van der Waals surface area contributed by atoms with Crippen LogP contribution in [0.2, 0.25) is 5.02 Å². The second kappa shape index (κ2) is 4.86. The van der Waals surface area contributed by atoms with Gasteiger partial charge in [-0.25, -0.2) is 0 Å². The largest absolute Gasteiger partial charge is 0.417 e. The summed E-state index contributed by atoms with van der Waals surface area (Å²) in [5.74, 6) is 0. The molecule has 96 valence electrons. The van der Waals surface area contributed by atoms with Gasteiger partial charge in [0, 0.05) is 6.61 Å². The molecule has 0 aliphatic carbocycles. The average molecular weight is 267 g/mol. The Morgan fingerprint density at radius 2 is 1.82 bits per heavy atom. The lowest BCUT2D eigenvalue weighted by Gasteiger charge is -2.22. The molecule has 5 heteroatoms. The van der Waals surface area contributed by atoms with Gasteiger partial charge in [0.15, 0.2) is 0 Å². The van der Waals surface area contributed by atoms with Crippen molar-refractivity contribution in [3.8, 4) is 0 Å². The number of hydrogen-bond donors (Lipinski definition) is 1. The summed E-state index contributed by atoms with van der Waals surface area (Å²) in [4.78, 5) is 0. The van der Waals surface area contributed by atoms with Gasteiger partial charge in [-0.05, 0) is 29.5 Å². The highest BCUT2D eigenvalue weighted by Crippen LogP contribution is 2.36. The number of aliphatic hydroxyl groups is 1. The van der Waals surface area contributed by atoms with E-state index in [9.17, 15) is 13.2 Å². The summed E-state index contributed by atoms with van der Waals surface area (Å²) < 4.78 is 37.8. The van der Waals surface area contributed by atoms with Crippen LogP contribution in [0.5, 0.6) is 0 Å². The van der Waals surface area contributed by atoms with Crippen LogP contribution in [0.25, 0.3) is 0 Å². The molecule has 0 unspecified atom stereocenters. The third-order valence-corrected chi connectivity index (χ3v) is 2.78. The third kappa shape index (κ3) is 3.89. The molecule has 0 saturated heterocycles. The Balaban J connectivity index is 3.06. The van der Waals surface area contributed by atoms with E-state index >= 15 is 0 Å². The molecule has 0 aliphatic heterocycles. The first kappa shape index (κ1) is 14.3. The molecule has 0 spiro atoms. The van der Waals surface area contributed by atoms with Crippen LogP contribution in [0.4, 0.5) is 13.2 Å². The van der Waals surface area contributed by atoms with Gasteiger partial charge in [-0.3, -0.25) is 0 Å². The predicted octanol–water partition coefficient (Wildman–Crippen LogP) is 3.92. The predicted molar refractivity (Wildman–Crippen MR) is 61.0 cm³/mol. The van der Waals surface area contributed by atoms with Crippen LogP contribution in [0.15, 0.2) is 18.2 Å². The smallest absolute Gasteiger partial charge is 0.396 e. The molecular weight excluding hydrogens is 253 g/mol. The molecule has 1 nitrogen and oxygen atoms in total. The zero-order valence-electron chi connectivity index (χ0n) is 9.61. The molecule has 0 aromatic heterocycles. The summed E-state index contributed by atoms with van der Waals surface area (Å²) >= 11 is 5.52. The number of hydrogen-bond acceptors (Lipinski definition) is 1. The molecule has 0 amide bonds. The van der Waals surface area contributed by atoms with E-state index in [4.69, 9.17) is 16.7 Å². The quantitative estimate of drug-likeness (QED) is 0.879. The average Bonchev–Trinajstić information content (AvgIpc) is 2.19. The Morgan fingerprint density at radius 1 is 1.24 bits per heavy atom. The second-order valence-corrected chi connectivity index (χ2v) is 5.22. The lowest BCUT2D eigenvalue weighted by atomic mass is 9.86. The highest BCUT2D eigenvalue weighted by molar-refractivity contribution is 6.31. The maximum Gasteiger partial charge on any atom is 0.417 e. The normalized spacial score (nSPS) is 12.9. The molecular formula is C12H14ClF3O. The van der Waals surface area contributed by atoms with Gasteiger partial charge in [0.05, 0.1) is 10.6 Å². The summed E-state index contributed by atoms with van der Waals surface area (Å²) in [5.41, 5.74) is -0.761.